The first-order valence-corrected chi connectivity index (χ1v) is 9.03. The largest absolute Gasteiger partial charge is 0.365 e. The summed E-state index contributed by atoms with van der Waals surface area (Å²) in [4.78, 5) is 6.74. The van der Waals surface area contributed by atoms with Gasteiger partial charge in [-0.2, -0.15) is 5.10 Å². The van der Waals surface area contributed by atoms with E-state index in [2.05, 4.69) is 37.8 Å². The zero-order chi connectivity index (χ0) is 17.0. The highest BCUT2D eigenvalue weighted by Crippen LogP contribution is 2.48. The predicted molar refractivity (Wildman–Crippen MR) is 94.6 cm³/mol. The average Bonchev–Trinajstić information content (AvgIpc) is 3.27. The van der Waals surface area contributed by atoms with Crippen molar-refractivity contribution in [1.29, 1.82) is 0 Å². The fourth-order valence-corrected chi connectivity index (χ4v) is 4.39. The average molecular weight is 342 g/mol. The number of pyridine rings is 1. The van der Waals surface area contributed by atoms with Gasteiger partial charge in [0.15, 0.2) is 17.5 Å². The molecular weight excluding hydrogens is 319 g/mol. The van der Waals surface area contributed by atoms with Crippen molar-refractivity contribution in [3.05, 3.63) is 29.7 Å². The van der Waals surface area contributed by atoms with Gasteiger partial charge in [-0.25, -0.2) is 9.37 Å². The zero-order valence-corrected chi connectivity index (χ0v) is 14.3. The summed E-state index contributed by atoms with van der Waals surface area (Å²) in [5.41, 5.74) is 1.63. The Balaban J connectivity index is 1.24. The van der Waals surface area contributed by atoms with Crippen LogP contribution in [-0.2, 0) is 0 Å². The van der Waals surface area contributed by atoms with Crippen LogP contribution >= 0.6 is 0 Å². The van der Waals surface area contributed by atoms with Crippen LogP contribution in [0.2, 0.25) is 0 Å². The van der Waals surface area contributed by atoms with Gasteiger partial charge in [-0.1, -0.05) is 0 Å². The summed E-state index contributed by atoms with van der Waals surface area (Å²) in [6.07, 6.45) is 4.65. The van der Waals surface area contributed by atoms with Gasteiger partial charge in [0, 0.05) is 36.8 Å². The Kier molecular flexibility index (Phi) is 3.28. The summed E-state index contributed by atoms with van der Waals surface area (Å²) in [7, 11) is 2.14. The van der Waals surface area contributed by atoms with Crippen LogP contribution in [0.5, 0.6) is 0 Å². The van der Waals surface area contributed by atoms with Crippen molar-refractivity contribution >= 4 is 17.5 Å². The predicted octanol–water partition coefficient (Wildman–Crippen LogP) is 3.07. The highest BCUT2D eigenvalue weighted by Gasteiger charge is 2.51. The molecule has 2 aliphatic carbocycles. The topological polar surface area (TPSA) is 68.9 Å². The van der Waals surface area contributed by atoms with Gasteiger partial charge < -0.3 is 15.5 Å². The van der Waals surface area contributed by atoms with Crippen LogP contribution in [-0.4, -0.2) is 46.3 Å². The van der Waals surface area contributed by atoms with E-state index in [0.717, 1.165) is 37.4 Å². The van der Waals surface area contributed by atoms with Gasteiger partial charge in [-0.15, -0.1) is 0 Å². The molecule has 3 aliphatic rings. The van der Waals surface area contributed by atoms with Crippen LogP contribution in [0.1, 0.15) is 37.3 Å². The van der Waals surface area contributed by atoms with E-state index < -0.39 is 0 Å². The Morgan fingerprint density at radius 1 is 1.24 bits per heavy atom. The smallest absolute Gasteiger partial charge is 0.165 e. The molecule has 2 aromatic rings. The molecule has 3 N–H and O–H groups in total. The van der Waals surface area contributed by atoms with Crippen molar-refractivity contribution in [2.75, 3.05) is 30.8 Å². The number of hydrogen-bond acceptors (Lipinski definition) is 5. The number of H-pyrrole nitrogens is 1. The second-order valence-electron chi connectivity index (χ2n) is 8.06. The van der Waals surface area contributed by atoms with Gasteiger partial charge in [-0.05, 0) is 50.3 Å². The van der Waals surface area contributed by atoms with E-state index in [9.17, 15) is 4.39 Å². The first-order chi connectivity index (χ1) is 12.1. The lowest BCUT2D eigenvalue weighted by molar-refractivity contribution is -0.0514. The molecule has 132 valence electrons. The molecule has 1 saturated heterocycles. The molecule has 2 saturated carbocycles. The molecule has 5 rings (SSSR count). The van der Waals surface area contributed by atoms with Crippen LogP contribution in [0.3, 0.4) is 0 Å². The van der Waals surface area contributed by atoms with E-state index in [1.807, 2.05) is 6.07 Å². The van der Waals surface area contributed by atoms with Crippen molar-refractivity contribution in [3.8, 4) is 0 Å². The Bertz CT molecular complexity index is 785. The Morgan fingerprint density at radius 3 is 2.76 bits per heavy atom. The molecule has 0 bridgehead atoms. The highest BCUT2D eigenvalue weighted by atomic mass is 19.1. The van der Waals surface area contributed by atoms with Gasteiger partial charge in [0.25, 0.3) is 0 Å². The number of nitrogens with one attached hydrogen (secondary N) is 3. The summed E-state index contributed by atoms with van der Waals surface area (Å²) < 4.78 is 14.1. The van der Waals surface area contributed by atoms with E-state index in [4.69, 9.17) is 0 Å². The number of halogens is 1. The quantitative estimate of drug-likeness (QED) is 0.779. The molecule has 1 spiro atoms. The fourth-order valence-electron chi connectivity index (χ4n) is 4.39. The third kappa shape index (κ3) is 2.86. The van der Waals surface area contributed by atoms with Crippen LogP contribution in [0.25, 0.3) is 0 Å². The lowest BCUT2D eigenvalue weighted by atomic mass is 9.61. The molecule has 25 heavy (non-hydrogen) atoms. The minimum Gasteiger partial charge on any atom is -0.365 e. The molecule has 0 atom stereocenters. The molecular formula is C18H23FN6. The fraction of sp³-hybridized carbons (Fsp3) is 0.556. The summed E-state index contributed by atoms with van der Waals surface area (Å²) in [5.74, 6) is 1.98. The molecule has 3 heterocycles. The normalized spacial score (nSPS) is 22.5. The first-order valence-electron chi connectivity index (χ1n) is 9.03. The van der Waals surface area contributed by atoms with Gasteiger partial charge >= 0.3 is 0 Å². The second-order valence-corrected chi connectivity index (χ2v) is 8.06. The number of anilines is 3. The van der Waals surface area contributed by atoms with Crippen molar-refractivity contribution in [2.24, 2.45) is 5.41 Å². The van der Waals surface area contributed by atoms with Gasteiger partial charge in [-0.3, -0.25) is 5.10 Å². The van der Waals surface area contributed by atoms with E-state index in [0.29, 0.717) is 29.0 Å². The van der Waals surface area contributed by atoms with E-state index in [-0.39, 0.29) is 5.82 Å². The van der Waals surface area contributed by atoms with Crippen LogP contribution < -0.4 is 10.6 Å². The van der Waals surface area contributed by atoms with E-state index in [1.165, 1.54) is 18.9 Å². The van der Waals surface area contributed by atoms with Gasteiger partial charge in [0.2, 0.25) is 0 Å². The molecule has 0 radical (unpaired) electrons. The molecule has 0 amide bonds. The lowest BCUT2D eigenvalue weighted by Gasteiger charge is -2.58. The lowest BCUT2D eigenvalue weighted by Crippen LogP contribution is -2.63. The van der Waals surface area contributed by atoms with Gasteiger partial charge in [0.05, 0.1) is 0 Å². The van der Waals surface area contributed by atoms with Crippen LogP contribution in [0.15, 0.2) is 18.2 Å². The van der Waals surface area contributed by atoms with Gasteiger partial charge in [0.1, 0.15) is 5.82 Å². The minimum absolute atomic E-state index is 0.307. The number of aromatic amines is 1. The number of rotatable bonds is 5. The molecule has 0 aromatic carbocycles. The number of hydrogen-bond donors (Lipinski definition) is 3. The van der Waals surface area contributed by atoms with Crippen molar-refractivity contribution in [3.63, 3.8) is 0 Å². The number of aromatic nitrogens is 3. The minimum atomic E-state index is -0.307. The summed E-state index contributed by atoms with van der Waals surface area (Å²) >= 11 is 0. The molecule has 3 fully saturated rings. The molecule has 2 aromatic heterocycles. The Labute approximate surface area is 146 Å². The number of nitrogens with zero attached hydrogens (tertiary/aromatic N) is 3. The summed E-state index contributed by atoms with van der Waals surface area (Å²) in [6, 6.07) is 5.43. The monoisotopic (exact) mass is 342 g/mol. The number of likely N-dealkylation sites (tertiary alicyclic amines) is 1. The Hall–Kier alpha value is -2.15. The SMILES string of the molecule is CN1CC2(CC(Nc3nc(Nc4cc(C5CC5)[nH]n4)ccc3F)C2)C1. The maximum atomic E-state index is 14.1. The highest BCUT2D eigenvalue weighted by molar-refractivity contribution is 5.56. The van der Waals surface area contributed by atoms with E-state index in [1.54, 1.807) is 6.07 Å². The van der Waals surface area contributed by atoms with Crippen molar-refractivity contribution in [1.82, 2.24) is 20.1 Å². The van der Waals surface area contributed by atoms with Crippen LogP contribution in [0.4, 0.5) is 21.8 Å². The van der Waals surface area contributed by atoms with Crippen LogP contribution in [0, 0.1) is 11.2 Å². The summed E-state index contributed by atoms with van der Waals surface area (Å²) in [6.45, 7) is 2.32. The summed E-state index contributed by atoms with van der Waals surface area (Å²) in [5, 5.41) is 13.8. The molecule has 0 unspecified atom stereocenters. The Morgan fingerprint density at radius 2 is 2.04 bits per heavy atom. The third-order valence-electron chi connectivity index (χ3n) is 5.63. The van der Waals surface area contributed by atoms with Crippen molar-refractivity contribution in [2.45, 2.75) is 37.6 Å². The third-order valence-corrected chi connectivity index (χ3v) is 5.63. The molecule has 7 heteroatoms. The first kappa shape index (κ1) is 15.1. The zero-order valence-electron chi connectivity index (χ0n) is 14.3. The standard InChI is InChI=1S/C18H23FN6/c1-25-9-18(10-25)7-12(8-18)20-17-13(19)4-5-15(22-17)21-16-6-14(23-24-16)11-2-3-11/h4-6,11-12H,2-3,7-10H2,1H3,(H3,20,21,22,23,24). The molecule has 6 nitrogen and oxygen atoms in total. The van der Waals surface area contributed by atoms with E-state index >= 15 is 0 Å². The maximum absolute atomic E-state index is 14.1. The van der Waals surface area contributed by atoms with Crippen molar-refractivity contribution < 1.29 is 4.39 Å². The molecule has 1 aliphatic heterocycles. The second kappa shape index (κ2) is 5.42. The maximum Gasteiger partial charge on any atom is 0.165 e.